The molecule has 4 atom stereocenters. The second-order valence-corrected chi connectivity index (χ2v) is 8.07. The van der Waals surface area contributed by atoms with E-state index in [2.05, 4.69) is 10.6 Å². The maximum absolute atomic E-state index is 14.2. The molecule has 0 amide bonds. The summed E-state index contributed by atoms with van der Waals surface area (Å²) in [5.74, 6) is 1.36. The molecule has 24 heavy (non-hydrogen) atoms. The van der Waals surface area contributed by atoms with E-state index in [1.54, 1.807) is 12.1 Å². The van der Waals surface area contributed by atoms with Crippen molar-refractivity contribution in [2.24, 2.45) is 11.8 Å². The van der Waals surface area contributed by atoms with Crippen LogP contribution in [0.1, 0.15) is 37.3 Å². The van der Waals surface area contributed by atoms with E-state index in [0.717, 1.165) is 11.8 Å². The number of fused-ring (bicyclic) bond motifs is 2. The molecule has 6 heteroatoms. The molecule has 2 N–H and O–H groups in total. The molecule has 0 heterocycles. The number of thiocarbonyl (C=S) groups is 1. The predicted molar refractivity (Wildman–Crippen MR) is 101 cm³/mol. The summed E-state index contributed by atoms with van der Waals surface area (Å²) in [6.07, 6.45) is 5.25. The van der Waals surface area contributed by atoms with E-state index in [1.807, 2.05) is 19.0 Å². The molecular weight excluding hydrogens is 345 g/mol. The predicted octanol–water partition coefficient (Wildman–Crippen LogP) is 3.73. The summed E-state index contributed by atoms with van der Waals surface area (Å²) in [4.78, 5) is 1.96. The van der Waals surface area contributed by atoms with E-state index in [4.69, 9.17) is 23.8 Å². The van der Waals surface area contributed by atoms with Crippen LogP contribution >= 0.6 is 23.8 Å². The third-order valence-electron chi connectivity index (χ3n) is 5.47. The van der Waals surface area contributed by atoms with Crippen molar-refractivity contribution in [2.75, 3.05) is 20.6 Å². The van der Waals surface area contributed by atoms with Gasteiger partial charge in [0.15, 0.2) is 5.11 Å². The number of rotatable bonds is 5. The van der Waals surface area contributed by atoms with E-state index < -0.39 is 0 Å². The Balaban J connectivity index is 1.59. The maximum Gasteiger partial charge on any atom is 0.166 e. The van der Waals surface area contributed by atoms with Crippen molar-refractivity contribution >= 4 is 28.9 Å². The number of nitrogens with zero attached hydrogens (tertiary/aromatic N) is 1. The monoisotopic (exact) mass is 369 g/mol. The minimum absolute atomic E-state index is 0.182. The van der Waals surface area contributed by atoms with Crippen molar-refractivity contribution in [2.45, 2.75) is 37.8 Å². The molecule has 0 aliphatic heterocycles. The lowest BCUT2D eigenvalue weighted by molar-refractivity contribution is 0.290. The lowest BCUT2D eigenvalue weighted by Crippen LogP contribution is -2.46. The van der Waals surface area contributed by atoms with Crippen molar-refractivity contribution in [3.05, 3.63) is 34.6 Å². The van der Waals surface area contributed by atoms with Gasteiger partial charge in [0, 0.05) is 23.2 Å². The number of halogens is 2. The smallest absolute Gasteiger partial charge is 0.166 e. The normalized spacial score (nSPS) is 26.6. The summed E-state index contributed by atoms with van der Waals surface area (Å²) in [5, 5.41) is 7.82. The zero-order valence-corrected chi connectivity index (χ0v) is 15.8. The van der Waals surface area contributed by atoms with Gasteiger partial charge in [0.2, 0.25) is 0 Å². The lowest BCUT2D eigenvalue weighted by Gasteiger charge is -2.29. The average Bonchev–Trinajstić information content (AvgIpc) is 3.12. The molecule has 0 radical (unpaired) electrons. The van der Waals surface area contributed by atoms with Crippen LogP contribution < -0.4 is 10.6 Å². The number of benzene rings is 1. The van der Waals surface area contributed by atoms with E-state index in [9.17, 15) is 4.39 Å². The Bertz CT molecular complexity index is 590. The first-order valence-electron chi connectivity index (χ1n) is 8.60. The average molecular weight is 370 g/mol. The van der Waals surface area contributed by atoms with Gasteiger partial charge >= 0.3 is 0 Å². The first kappa shape index (κ1) is 17.9. The van der Waals surface area contributed by atoms with E-state index >= 15 is 0 Å². The highest BCUT2D eigenvalue weighted by molar-refractivity contribution is 7.80. The van der Waals surface area contributed by atoms with Crippen LogP contribution in [-0.4, -0.2) is 36.7 Å². The summed E-state index contributed by atoms with van der Waals surface area (Å²) in [6, 6.07) is 5.12. The Morgan fingerprint density at radius 3 is 2.75 bits per heavy atom. The van der Waals surface area contributed by atoms with Gasteiger partial charge in [0.1, 0.15) is 5.82 Å². The second-order valence-electron chi connectivity index (χ2n) is 7.25. The van der Waals surface area contributed by atoms with Gasteiger partial charge in [-0.15, -0.1) is 0 Å². The first-order valence-corrected chi connectivity index (χ1v) is 9.39. The Labute approximate surface area is 153 Å². The molecule has 1 aromatic rings. The molecule has 0 saturated heterocycles. The summed E-state index contributed by atoms with van der Waals surface area (Å²) in [5.41, 5.74) is 0.513. The molecule has 3 nitrogen and oxygen atoms in total. The van der Waals surface area contributed by atoms with Crippen LogP contribution in [0.3, 0.4) is 0 Å². The molecule has 4 unspecified atom stereocenters. The fourth-order valence-electron chi connectivity index (χ4n) is 4.20. The van der Waals surface area contributed by atoms with Gasteiger partial charge in [-0.2, -0.15) is 0 Å². The topological polar surface area (TPSA) is 27.3 Å². The van der Waals surface area contributed by atoms with Crippen LogP contribution in [0.15, 0.2) is 18.2 Å². The summed E-state index contributed by atoms with van der Waals surface area (Å²) in [6.45, 7) is 0.514. The Kier molecular flexibility index (Phi) is 5.63. The number of hydrogen-bond donors (Lipinski definition) is 2. The fraction of sp³-hybridized carbons (Fsp3) is 0.611. The van der Waals surface area contributed by atoms with Gasteiger partial charge in [-0.3, -0.25) is 0 Å². The maximum atomic E-state index is 14.2. The Morgan fingerprint density at radius 1 is 1.38 bits per heavy atom. The largest absolute Gasteiger partial charge is 0.361 e. The van der Waals surface area contributed by atoms with E-state index in [-0.39, 0.29) is 11.9 Å². The standard InChI is InChI=1S/C18H25ClFN3S/c1-23(2)16(17-13(19)4-3-5-14(17)20)10-21-18(24)22-15-9-11-6-7-12(15)8-11/h3-5,11-12,15-16H,6-10H2,1-2H3,(H2,21,22,24). The van der Waals surface area contributed by atoms with Crippen LogP contribution in [0.25, 0.3) is 0 Å². The molecule has 2 fully saturated rings. The minimum Gasteiger partial charge on any atom is -0.361 e. The molecule has 1 aromatic carbocycles. The van der Waals surface area contributed by atoms with Gasteiger partial charge in [-0.1, -0.05) is 24.1 Å². The molecule has 2 aliphatic carbocycles. The van der Waals surface area contributed by atoms with Crippen molar-refractivity contribution < 1.29 is 4.39 Å². The minimum atomic E-state index is -0.282. The SMILES string of the molecule is CN(C)C(CNC(=S)NC1CC2CCC1C2)c1c(F)cccc1Cl. The van der Waals surface area contributed by atoms with E-state index in [1.165, 1.54) is 31.7 Å². The third-order valence-corrected chi connectivity index (χ3v) is 6.06. The third kappa shape index (κ3) is 3.84. The summed E-state index contributed by atoms with van der Waals surface area (Å²) in [7, 11) is 3.84. The van der Waals surface area contributed by atoms with Crippen LogP contribution in [0.2, 0.25) is 5.02 Å². The van der Waals surface area contributed by atoms with Crippen LogP contribution in [-0.2, 0) is 0 Å². The summed E-state index contributed by atoms with van der Waals surface area (Å²) >= 11 is 11.7. The highest BCUT2D eigenvalue weighted by Gasteiger charge is 2.39. The van der Waals surface area contributed by atoms with Crippen molar-refractivity contribution in [1.29, 1.82) is 0 Å². The van der Waals surface area contributed by atoms with Crippen LogP contribution in [0.5, 0.6) is 0 Å². The number of likely N-dealkylation sites (N-methyl/N-ethyl adjacent to an activating group) is 1. The molecule has 0 aromatic heterocycles. The van der Waals surface area contributed by atoms with Crippen molar-refractivity contribution in [1.82, 2.24) is 15.5 Å². The van der Waals surface area contributed by atoms with E-state index in [0.29, 0.717) is 28.3 Å². The van der Waals surface area contributed by atoms with Crippen LogP contribution in [0, 0.1) is 17.7 Å². The fourth-order valence-corrected chi connectivity index (χ4v) is 4.73. The molecule has 2 saturated carbocycles. The van der Waals surface area contributed by atoms with Crippen molar-refractivity contribution in [3.63, 3.8) is 0 Å². The molecule has 2 aliphatic rings. The van der Waals surface area contributed by atoms with Crippen LogP contribution in [0.4, 0.5) is 4.39 Å². The second kappa shape index (κ2) is 7.54. The first-order chi connectivity index (χ1) is 11.5. The van der Waals surface area contributed by atoms with Crippen molar-refractivity contribution in [3.8, 4) is 0 Å². The highest BCUT2D eigenvalue weighted by Crippen LogP contribution is 2.44. The Hall–Kier alpha value is -0.910. The van der Waals surface area contributed by atoms with Gasteiger partial charge in [-0.05, 0) is 69.5 Å². The summed E-state index contributed by atoms with van der Waals surface area (Å²) < 4.78 is 14.2. The zero-order chi connectivity index (χ0) is 17.3. The Morgan fingerprint density at radius 2 is 2.17 bits per heavy atom. The number of nitrogens with one attached hydrogen (secondary N) is 2. The molecule has 2 bridgehead atoms. The molecule has 0 spiro atoms. The molecule has 132 valence electrons. The van der Waals surface area contributed by atoms with Gasteiger partial charge in [-0.25, -0.2) is 4.39 Å². The van der Waals surface area contributed by atoms with Gasteiger partial charge < -0.3 is 15.5 Å². The number of hydrogen-bond acceptors (Lipinski definition) is 2. The quantitative estimate of drug-likeness (QED) is 0.773. The molecular formula is C18H25ClFN3S. The molecule has 3 rings (SSSR count). The van der Waals surface area contributed by atoms with Gasteiger partial charge in [0.25, 0.3) is 0 Å². The zero-order valence-electron chi connectivity index (χ0n) is 14.2. The highest BCUT2D eigenvalue weighted by atomic mass is 35.5. The van der Waals surface area contributed by atoms with Gasteiger partial charge in [0.05, 0.1) is 6.04 Å². The lowest BCUT2D eigenvalue weighted by atomic mass is 9.95.